The van der Waals surface area contributed by atoms with Gasteiger partial charge in [0.05, 0.1) is 0 Å². The van der Waals surface area contributed by atoms with Crippen molar-refractivity contribution in [1.29, 1.82) is 0 Å². The van der Waals surface area contributed by atoms with E-state index in [0.29, 0.717) is 25.9 Å². The van der Waals surface area contributed by atoms with Crippen molar-refractivity contribution >= 4 is 12.0 Å². The van der Waals surface area contributed by atoms with Crippen molar-refractivity contribution in [2.24, 2.45) is 5.92 Å². The number of aliphatic carboxylic acids is 1. The van der Waals surface area contributed by atoms with Gasteiger partial charge in [-0.15, -0.1) is 0 Å². The third kappa shape index (κ3) is 3.00. The van der Waals surface area contributed by atoms with Gasteiger partial charge in [-0.05, 0) is 19.3 Å². The zero-order valence-corrected chi connectivity index (χ0v) is 11.1. The summed E-state index contributed by atoms with van der Waals surface area (Å²) >= 11 is 0. The average molecular weight is 270 g/mol. The summed E-state index contributed by atoms with van der Waals surface area (Å²) in [6.07, 6.45) is 4.50. The number of nitrogens with one attached hydrogen (secondary N) is 1. The lowest BCUT2D eigenvalue weighted by atomic mass is 9.82. The fraction of sp³-hybridized carbons (Fsp3) is 0.846. The van der Waals surface area contributed by atoms with Gasteiger partial charge in [-0.3, -0.25) is 0 Å². The molecule has 1 saturated carbocycles. The molecule has 6 nitrogen and oxygen atoms in total. The number of carbonyl (C=O) groups excluding carboxylic acids is 1. The predicted molar refractivity (Wildman–Crippen MR) is 68.7 cm³/mol. The van der Waals surface area contributed by atoms with Crippen molar-refractivity contribution in [3.05, 3.63) is 0 Å². The minimum Gasteiger partial charge on any atom is -0.480 e. The molecule has 1 aliphatic carbocycles. The number of rotatable bonds is 3. The van der Waals surface area contributed by atoms with Gasteiger partial charge >= 0.3 is 12.0 Å². The summed E-state index contributed by atoms with van der Waals surface area (Å²) in [5.41, 5.74) is -1.09. The Morgan fingerprint density at radius 1 is 1.26 bits per heavy atom. The lowest BCUT2D eigenvalue weighted by Gasteiger charge is -2.35. The summed E-state index contributed by atoms with van der Waals surface area (Å²) in [6, 6.07) is -0.305. The molecule has 6 heteroatoms. The number of carboxylic acid groups (broad SMARTS) is 1. The van der Waals surface area contributed by atoms with Gasteiger partial charge in [0.25, 0.3) is 0 Å². The van der Waals surface area contributed by atoms with Gasteiger partial charge in [-0.2, -0.15) is 0 Å². The molecule has 1 atom stereocenters. The second kappa shape index (κ2) is 5.77. The average Bonchev–Trinajstić information content (AvgIpc) is 2.88. The number of nitrogens with zero attached hydrogens (tertiary/aromatic N) is 1. The molecule has 0 aromatic rings. The molecule has 0 radical (unpaired) electrons. The molecule has 19 heavy (non-hydrogen) atoms. The standard InChI is InChI=1S/C13H22N2O4/c16-9-10-4-7-15(8-10)12(19)14-13(11(17)18)5-2-1-3-6-13/h10,16H,1-9H2,(H,14,19)(H,17,18). The van der Waals surface area contributed by atoms with E-state index < -0.39 is 11.5 Å². The van der Waals surface area contributed by atoms with Gasteiger partial charge in [-0.1, -0.05) is 19.3 Å². The Hall–Kier alpha value is -1.30. The number of amides is 2. The maximum Gasteiger partial charge on any atom is 0.329 e. The van der Waals surface area contributed by atoms with Gasteiger partial charge in [0.1, 0.15) is 5.54 Å². The zero-order chi connectivity index (χ0) is 13.9. The summed E-state index contributed by atoms with van der Waals surface area (Å²) in [5, 5.41) is 21.2. The fourth-order valence-electron chi connectivity index (χ4n) is 3.00. The molecule has 0 aromatic heterocycles. The largest absolute Gasteiger partial charge is 0.480 e. The summed E-state index contributed by atoms with van der Waals surface area (Å²) in [7, 11) is 0. The molecule has 0 bridgehead atoms. The minimum atomic E-state index is -1.09. The van der Waals surface area contributed by atoms with Crippen molar-refractivity contribution in [2.75, 3.05) is 19.7 Å². The first-order chi connectivity index (χ1) is 9.07. The number of hydrogen-bond acceptors (Lipinski definition) is 3. The molecular weight excluding hydrogens is 248 g/mol. The predicted octanol–water partition coefficient (Wildman–Crippen LogP) is 0.798. The summed E-state index contributed by atoms with van der Waals surface area (Å²) in [4.78, 5) is 25.2. The lowest BCUT2D eigenvalue weighted by Crippen LogP contribution is -2.58. The number of aliphatic hydroxyl groups is 1. The molecule has 108 valence electrons. The third-order valence-electron chi connectivity index (χ3n) is 4.29. The van der Waals surface area contributed by atoms with E-state index in [-0.39, 0.29) is 18.6 Å². The van der Waals surface area contributed by atoms with Crippen LogP contribution in [-0.4, -0.2) is 52.3 Å². The number of hydrogen-bond donors (Lipinski definition) is 3. The Morgan fingerprint density at radius 3 is 2.47 bits per heavy atom. The Bertz CT molecular complexity index is 353. The molecule has 1 heterocycles. The zero-order valence-electron chi connectivity index (χ0n) is 11.1. The second-order valence-corrected chi connectivity index (χ2v) is 5.66. The number of carboxylic acids is 1. The molecule has 1 aliphatic heterocycles. The normalized spacial score (nSPS) is 26.2. The van der Waals surface area contributed by atoms with E-state index in [9.17, 15) is 14.7 Å². The van der Waals surface area contributed by atoms with Crippen LogP contribution in [-0.2, 0) is 4.79 Å². The highest BCUT2D eigenvalue weighted by atomic mass is 16.4. The van der Waals surface area contributed by atoms with Gasteiger partial charge in [0, 0.05) is 25.6 Å². The molecular formula is C13H22N2O4. The Labute approximate surface area is 112 Å². The molecule has 0 aromatic carbocycles. The van der Waals surface area contributed by atoms with Crippen molar-refractivity contribution in [1.82, 2.24) is 10.2 Å². The Kier molecular flexibility index (Phi) is 4.29. The van der Waals surface area contributed by atoms with Crippen molar-refractivity contribution < 1.29 is 19.8 Å². The minimum absolute atomic E-state index is 0.0772. The van der Waals surface area contributed by atoms with E-state index in [1.807, 2.05) is 0 Å². The van der Waals surface area contributed by atoms with Crippen LogP contribution in [0.5, 0.6) is 0 Å². The van der Waals surface area contributed by atoms with Crippen LogP contribution in [0.1, 0.15) is 38.5 Å². The molecule has 2 rings (SSSR count). The van der Waals surface area contributed by atoms with E-state index in [1.54, 1.807) is 4.90 Å². The van der Waals surface area contributed by atoms with Crippen molar-refractivity contribution in [3.8, 4) is 0 Å². The van der Waals surface area contributed by atoms with E-state index in [4.69, 9.17) is 5.11 Å². The monoisotopic (exact) mass is 270 g/mol. The van der Waals surface area contributed by atoms with Crippen LogP contribution in [0.4, 0.5) is 4.79 Å². The number of urea groups is 1. The number of carbonyl (C=O) groups is 2. The lowest BCUT2D eigenvalue weighted by molar-refractivity contribution is -0.145. The van der Waals surface area contributed by atoms with E-state index in [1.165, 1.54) is 0 Å². The molecule has 2 aliphatic rings. The molecule has 2 amide bonds. The Balaban J connectivity index is 1.98. The number of aliphatic hydroxyl groups excluding tert-OH is 1. The topological polar surface area (TPSA) is 89.9 Å². The quantitative estimate of drug-likeness (QED) is 0.707. The molecule has 2 fully saturated rings. The van der Waals surface area contributed by atoms with Gasteiger partial charge in [-0.25, -0.2) is 9.59 Å². The first-order valence-corrected chi connectivity index (χ1v) is 6.99. The summed E-state index contributed by atoms with van der Waals surface area (Å²) < 4.78 is 0. The highest BCUT2D eigenvalue weighted by molar-refractivity contribution is 5.86. The van der Waals surface area contributed by atoms with Crippen LogP contribution in [0.25, 0.3) is 0 Å². The van der Waals surface area contributed by atoms with Crippen LogP contribution in [0.2, 0.25) is 0 Å². The first-order valence-electron chi connectivity index (χ1n) is 6.99. The number of likely N-dealkylation sites (tertiary alicyclic amines) is 1. The van der Waals surface area contributed by atoms with Gasteiger partial charge in [0.2, 0.25) is 0 Å². The smallest absolute Gasteiger partial charge is 0.329 e. The summed E-state index contributed by atoms with van der Waals surface area (Å²) in [6.45, 7) is 1.18. The van der Waals surface area contributed by atoms with E-state index in [2.05, 4.69) is 5.32 Å². The van der Waals surface area contributed by atoms with Crippen LogP contribution < -0.4 is 5.32 Å². The van der Waals surface area contributed by atoms with Crippen LogP contribution in [0, 0.1) is 5.92 Å². The van der Waals surface area contributed by atoms with Crippen LogP contribution in [0.15, 0.2) is 0 Å². The second-order valence-electron chi connectivity index (χ2n) is 5.66. The van der Waals surface area contributed by atoms with Gasteiger partial charge < -0.3 is 20.4 Å². The SMILES string of the molecule is O=C(NC1(C(=O)O)CCCCC1)N1CCC(CO)C1. The molecule has 3 N–H and O–H groups in total. The maximum atomic E-state index is 12.2. The van der Waals surface area contributed by atoms with Crippen molar-refractivity contribution in [3.63, 3.8) is 0 Å². The third-order valence-corrected chi connectivity index (χ3v) is 4.29. The maximum absolute atomic E-state index is 12.2. The Morgan fingerprint density at radius 2 is 1.95 bits per heavy atom. The fourth-order valence-corrected chi connectivity index (χ4v) is 3.00. The van der Waals surface area contributed by atoms with E-state index >= 15 is 0 Å². The van der Waals surface area contributed by atoms with E-state index in [0.717, 1.165) is 25.7 Å². The highest BCUT2D eigenvalue weighted by Gasteiger charge is 2.42. The van der Waals surface area contributed by atoms with Gasteiger partial charge in [0.15, 0.2) is 0 Å². The molecule has 1 saturated heterocycles. The molecule has 0 spiro atoms. The van der Waals surface area contributed by atoms with Crippen molar-refractivity contribution in [2.45, 2.75) is 44.1 Å². The molecule has 1 unspecified atom stereocenters. The highest BCUT2D eigenvalue weighted by Crippen LogP contribution is 2.29. The van der Waals surface area contributed by atoms with Crippen LogP contribution in [0.3, 0.4) is 0 Å². The van der Waals surface area contributed by atoms with Crippen LogP contribution >= 0.6 is 0 Å². The first kappa shape index (κ1) is 14.1. The summed E-state index contributed by atoms with van der Waals surface area (Å²) in [5.74, 6) is -0.809.